The molecule has 254 valence electrons. The molecule has 0 spiro atoms. The van der Waals surface area contributed by atoms with Crippen molar-refractivity contribution >= 4 is 75.5 Å². The first kappa shape index (κ1) is 34.1. The van der Waals surface area contributed by atoms with Gasteiger partial charge in [0.25, 0.3) is 0 Å². The van der Waals surface area contributed by atoms with Crippen LogP contribution in [0.15, 0.2) is 72.8 Å². The molecule has 0 aliphatic carbocycles. The molecule has 0 nitrogen and oxygen atoms in total. The number of halogens is 12. The molecule has 49 heavy (non-hydrogen) atoms. The normalized spacial score (nSPS) is 13.3. The lowest BCUT2D eigenvalue weighted by atomic mass is 10.0. The molecule has 7 aromatic rings. The van der Waals surface area contributed by atoms with E-state index in [1.165, 1.54) is 46.1 Å². The van der Waals surface area contributed by atoms with E-state index in [2.05, 4.69) is 0 Å². The molecule has 0 unspecified atom stereocenters. The Balaban J connectivity index is 1.21. The number of hydrogen-bond acceptors (Lipinski definition) is 5. The summed E-state index contributed by atoms with van der Waals surface area (Å²) in [6, 6.07) is 12.9. The molecule has 0 aliphatic rings. The lowest BCUT2D eigenvalue weighted by Crippen LogP contribution is -2.11. The van der Waals surface area contributed by atoms with Crippen LogP contribution in [0.3, 0.4) is 0 Å². The van der Waals surface area contributed by atoms with Crippen LogP contribution in [0.1, 0.15) is 22.3 Å². The summed E-state index contributed by atoms with van der Waals surface area (Å²) in [5.74, 6) is 0. The zero-order valence-electron chi connectivity index (χ0n) is 23.5. The third-order valence-corrected chi connectivity index (χ3v) is 13.8. The van der Waals surface area contributed by atoms with Gasteiger partial charge in [0.2, 0.25) is 0 Å². The molecule has 17 heteroatoms. The molecule has 0 aliphatic heterocycles. The highest BCUT2D eigenvalue weighted by atomic mass is 32.1. The van der Waals surface area contributed by atoms with Crippen molar-refractivity contribution in [2.24, 2.45) is 0 Å². The molecule has 0 saturated carbocycles. The second-order valence-electron chi connectivity index (χ2n) is 10.5. The fraction of sp³-hybridized carbons (Fsp3) is 0.125. The van der Waals surface area contributed by atoms with Crippen molar-refractivity contribution in [2.45, 2.75) is 24.7 Å². The SMILES string of the molecule is FC(F)(F)c1ccc(-c2ccc(-c3cc4sc5cc(-c6ccc(-c7ccc(C(F)(F)F)cc7C(F)(F)F)s6)sc5c4s3)s2)c(C(F)(F)F)c1. The fourth-order valence-electron chi connectivity index (χ4n) is 5.15. The maximum absolute atomic E-state index is 13.8. The second kappa shape index (κ2) is 11.6. The predicted molar refractivity (Wildman–Crippen MR) is 173 cm³/mol. The van der Waals surface area contributed by atoms with Crippen LogP contribution in [-0.4, -0.2) is 0 Å². The molecule has 0 radical (unpaired) electrons. The van der Waals surface area contributed by atoms with Gasteiger partial charge in [0.15, 0.2) is 0 Å². The molecule has 0 amide bonds. The fourth-order valence-corrected chi connectivity index (χ4v) is 11.4. The van der Waals surface area contributed by atoms with Gasteiger partial charge in [-0.05, 0) is 60.7 Å². The molecule has 5 heterocycles. The third-order valence-electron chi connectivity index (χ3n) is 7.36. The molecule has 2 aromatic carbocycles. The Labute approximate surface area is 287 Å². The Bertz CT molecular complexity index is 2190. The first-order valence-electron chi connectivity index (χ1n) is 13.5. The van der Waals surface area contributed by atoms with E-state index >= 15 is 0 Å². The number of rotatable bonds is 4. The van der Waals surface area contributed by atoms with Crippen LogP contribution in [0.2, 0.25) is 0 Å². The van der Waals surface area contributed by atoms with Crippen LogP contribution >= 0.6 is 56.7 Å². The number of thiophene rings is 5. The molecule has 7 rings (SSSR count). The molecule has 0 saturated heterocycles. The molecule has 5 aromatic heterocycles. The van der Waals surface area contributed by atoms with Gasteiger partial charge in [-0.25, -0.2) is 0 Å². The summed E-state index contributed by atoms with van der Waals surface area (Å²) >= 11 is 6.21. The van der Waals surface area contributed by atoms with Crippen LogP contribution in [0.4, 0.5) is 52.7 Å². The Morgan fingerprint density at radius 3 is 1.04 bits per heavy atom. The van der Waals surface area contributed by atoms with Crippen molar-refractivity contribution in [2.75, 3.05) is 0 Å². The van der Waals surface area contributed by atoms with E-state index < -0.39 is 47.0 Å². The quantitative estimate of drug-likeness (QED) is 0.156. The minimum absolute atomic E-state index is 0.107. The highest BCUT2D eigenvalue weighted by Crippen LogP contribution is 2.52. The molecule has 0 fully saturated rings. The zero-order chi connectivity index (χ0) is 35.3. The van der Waals surface area contributed by atoms with Gasteiger partial charge in [0.1, 0.15) is 0 Å². The minimum Gasteiger partial charge on any atom is -0.166 e. The molecule has 0 N–H and O–H groups in total. The van der Waals surface area contributed by atoms with E-state index in [1.807, 2.05) is 12.1 Å². The summed E-state index contributed by atoms with van der Waals surface area (Å²) in [5, 5.41) is 0. The second-order valence-corrected chi connectivity index (χ2v) is 15.9. The highest BCUT2D eigenvalue weighted by molar-refractivity contribution is 7.41. The van der Waals surface area contributed by atoms with E-state index in [1.54, 1.807) is 12.1 Å². The molecular weight excluding hydrogens is 773 g/mol. The van der Waals surface area contributed by atoms with Crippen molar-refractivity contribution in [3.8, 4) is 40.4 Å². The van der Waals surface area contributed by atoms with Gasteiger partial charge >= 0.3 is 24.7 Å². The third kappa shape index (κ3) is 6.39. The van der Waals surface area contributed by atoms with Crippen molar-refractivity contribution in [1.82, 2.24) is 0 Å². The average Bonchev–Trinajstić information content (AvgIpc) is 3.81. The zero-order valence-corrected chi connectivity index (χ0v) is 27.6. The van der Waals surface area contributed by atoms with E-state index in [4.69, 9.17) is 0 Å². The topological polar surface area (TPSA) is 0 Å². The summed E-state index contributed by atoms with van der Waals surface area (Å²) in [5.41, 5.74) is -6.31. The smallest absolute Gasteiger partial charge is 0.166 e. The summed E-state index contributed by atoms with van der Waals surface area (Å²) in [6.45, 7) is 0. The van der Waals surface area contributed by atoms with Crippen molar-refractivity contribution < 1.29 is 52.7 Å². The van der Waals surface area contributed by atoms with Crippen molar-refractivity contribution in [1.29, 1.82) is 0 Å². The number of fused-ring (bicyclic) bond motifs is 3. The maximum atomic E-state index is 13.8. The van der Waals surface area contributed by atoms with Crippen LogP contribution in [0.25, 0.3) is 59.2 Å². The first-order chi connectivity index (χ1) is 22.8. The van der Waals surface area contributed by atoms with Crippen molar-refractivity contribution in [3.63, 3.8) is 0 Å². The van der Waals surface area contributed by atoms with Gasteiger partial charge in [0, 0.05) is 49.8 Å². The van der Waals surface area contributed by atoms with Gasteiger partial charge < -0.3 is 0 Å². The Morgan fingerprint density at radius 2 is 0.694 bits per heavy atom. The Hall–Kier alpha value is -3.38. The number of alkyl halides is 12. The molecular formula is C32H12F12S5. The van der Waals surface area contributed by atoms with Crippen LogP contribution in [-0.2, 0) is 24.7 Å². The summed E-state index contributed by atoms with van der Waals surface area (Å²) in [6.07, 6.45) is -19.9. The minimum atomic E-state index is -5.02. The maximum Gasteiger partial charge on any atom is 0.417 e. The van der Waals surface area contributed by atoms with Gasteiger partial charge in [-0.2, -0.15) is 52.7 Å². The Morgan fingerprint density at radius 1 is 0.327 bits per heavy atom. The van der Waals surface area contributed by atoms with E-state index in [-0.39, 0.29) is 33.0 Å². The lowest BCUT2D eigenvalue weighted by molar-refractivity contribution is -0.144. The molecule has 0 bridgehead atoms. The highest BCUT2D eigenvalue weighted by Gasteiger charge is 2.40. The van der Waals surface area contributed by atoms with Crippen LogP contribution in [0.5, 0.6) is 0 Å². The predicted octanol–water partition coefficient (Wildman–Crippen LogP) is 15.0. The van der Waals surface area contributed by atoms with E-state index in [0.29, 0.717) is 21.9 Å². The van der Waals surface area contributed by atoms with E-state index in [0.717, 1.165) is 63.4 Å². The monoisotopic (exact) mass is 784 g/mol. The van der Waals surface area contributed by atoms with Gasteiger partial charge in [0.05, 0.1) is 31.7 Å². The summed E-state index contributed by atoms with van der Waals surface area (Å²) in [7, 11) is 0. The lowest BCUT2D eigenvalue weighted by Gasteiger charge is -2.15. The largest absolute Gasteiger partial charge is 0.417 e. The number of benzene rings is 2. The average molecular weight is 785 g/mol. The first-order valence-corrected chi connectivity index (χ1v) is 17.6. The van der Waals surface area contributed by atoms with Gasteiger partial charge in [-0.3, -0.25) is 0 Å². The van der Waals surface area contributed by atoms with E-state index in [9.17, 15) is 52.7 Å². The van der Waals surface area contributed by atoms with Gasteiger partial charge in [-0.15, -0.1) is 56.7 Å². The summed E-state index contributed by atoms with van der Waals surface area (Å²) in [4.78, 5) is 2.98. The van der Waals surface area contributed by atoms with Crippen LogP contribution in [0, 0.1) is 0 Å². The van der Waals surface area contributed by atoms with Gasteiger partial charge in [-0.1, -0.05) is 12.1 Å². The summed E-state index contributed by atoms with van der Waals surface area (Å²) < 4.78 is 165. The van der Waals surface area contributed by atoms with Crippen LogP contribution < -0.4 is 0 Å². The molecule has 0 atom stereocenters. The van der Waals surface area contributed by atoms with Crippen molar-refractivity contribution in [3.05, 3.63) is 95.1 Å². The standard InChI is InChI=1S/C32H12F12S5/c33-29(34,35)13-1-3-15(17(9-13)31(39,40)41)19-5-7-21(45-19)23-11-25-27(48-23)28-26(47-25)12-24(49-28)22-8-6-20(46-22)16-4-2-14(30(36,37)38)10-18(16)32(42,43)44/h1-12H. The Kier molecular flexibility index (Phi) is 8.06. The number of hydrogen-bond donors (Lipinski definition) is 0.